The van der Waals surface area contributed by atoms with Crippen molar-refractivity contribution in [3.63, 3.8) is 0 Å². The van der Waals surface area contributed by atoms with Crippen LogP contribution in [-0.4, -0.2) is 140 Å². The average Bonchev–Trinajstić information content (AvgIpc) is 3.46. The van der Waals surface area contributed by atoms with Crippen LogP contribution in [0.25, 0.3) is 0 Å². The molecule has 0 aliphatic heterocycles. The molecule has 1 amide bonds. The zero-order chi connectivity index (χ0) is 40.7. The van der Waals surface area contributed by atoms with Gasteiger partial charge in [-0.1, -0.05) is 20.8 Å². The van der Waals surface area contributed by atoms with Crippen molar-refractivity contribution in [2.45, 2.75) is 116 Å². The average molecular weight is 781 g/mol. The van der Waals surface area contributed by atoms with Crippen molar-refractivity contribution in [1.82, 2.24) is 20.4 Å². The molecular weight excluding hydrogens is 716 g/mol. The molecule has 16 heteroatoms. The Morgan fingerprint density at radius 3 is 2.07 bits per heavy atom. The Balaban J connectivity index is 1.35. The highest BCUT2D eigenvalue weighted by Gasteiger charge is 2.63. The molecule has 4 aliphatic rings. The highest BCUT2D eigenvalue weighted by Crippen LogP contribution is 2.68. The van der Waals surface area contributed by atoms with Crippen molar-refractivity contribution in [3.05, 3.63) is 0 Å². The third kappa shape index (κ3) is 11.0. The van der Waals surface area contributed by atoms with E-state index in [0.717, 1.165) is 51.4 Å². The van der Waals surface area contributed by atoms with Gasteiger partial charge in [-0.2, -0.15) is 0 Å². The summed E-state index contributed by atoms with van der Waals surface area (Å²) in [5.74, 6) is -3.62. The van der Waals surface area contributed by atoms with Gasteiger partial charge in [0.25, 0.3) is 0 Å². The molecule has 4 aliphatic carbocycles. The Bertz CT molecular complexity index is 1380. The van der Waals surface area contributed by atoms with Gasteiger partial charge in [-0.05, 0) is 111 Å². The molecule has 0 aromatic rings. The van der Waals surface area contributed by atoms with Crippen molar-refractivity contribution in [3.8, 4) is 0 Å². The first-order chi connectivity index (χ1) is 25.9. The van der Waals surface area contributed by atoms with E-state index >= 15 is 0 Å². The van der Waals surface area contributed by atoms with Gasteiger partial charge in [0.2, 0.25) is 5.91 Å². The van der Waals surface area contributed by atoms with Crippen molar-refractivity contribution in [2.75, 3.05) is 45.8 Å². The fourth-order valence-electron chi connectivity index (χ4n) is 11.6. The molecular formula is C39H64N4O12. The highest BCUT2D eigenvalue weighted by atomic mass is 16.4. The van der Waals surface area contributed by atoms with Crippen LogP contribution in [0.3, 0.4) is 0 Å². The summed E-state index contributed by atoms with van der Waals surface area (Å²) in [4.78, 5) is 73.4. The number of hydrogen-bond donors (Lipinski definition) is 8. The number of aliphatic hydroxyl groups is 1. The molecule has 55 heavy (non-hydrogen) atoms. The lowest BCUT2D eigenvalue weighted by atomic mass is 9.43. The van der Waals surface area contributed by atoms with Crippen molar-refractivity contribution < 1.29 is 59.4 Å². The molecule has 0 heterocycles. The molecule has 0 spiro atoms. The molecule has 0 aromatic carbocycles. The number of carboxylic acid groups (broad SMARTS) is 5. The summed E-state index contributed by atoms with van der Waals surface area (Å²) < 4.78 is 0. The van der Waals surface area contributed by atoms with E-state index in [0.29, 0.717) is 36.0 Å². The van der Waals surface area contributed by atoms with Crippen LogP contribution >= 0.6 is 0 Å². The van der Waals surface area contributed by atoms with Crippen LogP contribution in [0.5, 0.6) is 0 Å². The van der Waals surface area contributed by atoms with Gasteiger partial charge < -0.3 is 41.3 Å². The molecule has 4 unspecified atom stereocenters. The fraction of sp³-hybridized carbons (Fsp3) is 0.846. The molecule has 0 saturated heterocycles. The fourth-order valence-corrected chi connectivity index (χ4v) is 11.6. The van der Waals surface area contributed by atoms with E-state index in [1.807, 2.05) is 0 Å². The number of carbonyl (C=O) groups excluding carboxylic acids is 1. The van der Waals surface area contributed by atoms with E-state index in [9.17, 15) is 54.3 Å². The minimum absolute atomic E-state index is 0.0158. The zero-order valence-corrected chi connectivity index (χ0v) is 32.7. The van der Waals surface area contributed by atoms with Crippen LogP contribution in [0.2, 0.25) is 0 Å². The quantitative estimate of drug-likeness (QED) is 0.0734. The van der Waals surface area contributed by atoms with Gasteiger partial charge in [-0.15, -0.1) is 0 Å². The third-order valence-corrected chi connectivity index (χ3v) is 14.4. The van der Waals surface area contributed by atoms with Crippen LogP contribution in [0, 0.1) is 46.3 Å². The highest BCUT2D eigenvalue weighted by molar-refractivity contribution is 5.78. The Hall–Kier alpha value is -3.34. The smallest absolute Gasteiger partial charge is 0.320 e. The lowest BCUT2D eigenvalue weighted by Crippen LogP contribution is -2.59. The molecule has 4 fully saturated rings. The lowest BCUT2D eigenvalue weighted by Gasteiger charge is -2.62. The normalized spacial score (nSPS) is 32.5. The second kappa shape index (κ2) is 19.2. The van der Waals surface area contributed by atoms with Gasteiger partial charge in [0.1, 0.15) is 6.04 Å². The minimum Gasteiger partial charge on any atom is -0.481 e. The summed E-state index contributed by atoms with van der Waals surface area (Å²) in [5.41, 5.74) is -0.194. The summed E-state index contributed by atoms with van der Waals surface area (Å²) in [6.45, 7) is 5.40. The van der Waals surface area contributed by atoms with E-state index in [1.54, 1.807) is 0 Å². The van der Waals surface area contributed by atoms with Crippen LogP contribution in [0.4, 0.5) is 0 Å². The van der Waals surface area contributed by atoms with Gasteiger partial charge in [0.05, 0.1) is 25.7 Å². The molecule has 11 atom stereocenters. The van der Waals surface area contributed by atoms with Crippen molar-refractivity contribution in [1.29, 1.82) is 0 Å². The topological polar surface area (TPSA) is 254 Å². The van der Waals surface area contributed by atoms with E-state index in [4.69, 9.17) is 5.11 Å². The summed E-state index contributed by atoms with van der Waals surface area (Å²) in [5, 5.41) is 64.6. The first-order valence-electron chi connectivity index (χ1n) is 20.1. The molecule has 4 saturated carbocycles. The Kier molecular flexibility index (Phi) is 15.5. The van der Waals surface area contributed by atoms with E-state index in [1.165, 1.54) is 9.80 Å². The number of hydrogen-bond acceptors (Lipinski definition) is 10. The molecule has 16 nitrogen and oxygen atoms in total. The number of carboxylic acids is 5. The Morgan fingerprint density at radius 1 is 0.764 bits per heavy atom. The van der Waals surface area contributed by atoms with Crippen LogP contribution < -0.4 is 10.6 Å². The van der Waals surface area contributed by atoms with Gasteiger partial charge in [-0.3, -0.25) is 38.6 Å². The van der Waals surface area contributed by atoms with Crippen LogP contribution in [0.1, 0.15) is 97.8 Å². The number of fused-ring (bicyclic) bond motifs is 5. The third-order valence-electron chi connectivity index (χ3n) is 14.4. The number of nitrogens with one attached hydrogen (secondary N) is 2. The Morgan fingerprint density at radius 2 is 1.45 bits per heavy atom. The van der Waals surface area contributed by atoms with E-state index in [-0.39, 0.29) is 80.7 Å². The molecule has 0 aromatic heterocycles. The maximum Gasteiger partial charge on any atom is 0.320 e. The summed E-state index contributed by atoms with van der Waals surface area (Å²) >= 11 is 0. The SMILES string of the molecule is CC(CCC(=O)O)[C@H]1CCC2C3CC[C@@H]4C[C@@H](NC(=O)CC[C@@H](C(=O)O)N(CCNCC(=O)O)CCN(CC(=O)O)CC(=O)O)CC[C@]4(C)C3C[C@H](O)[C@@]21C. The summed E-state index contributed by atoms with van der Waals surface area (Å²) in [6, 6.07) is -1.22. The van der Waals surface area contributed by atoms with E-state index < -0.39 is 55.1 Å². The molecule has 4 rings (SSSR count). The largest absolute Gasteiger partial charge is 0.481 e. The first-order valence-corrected chi connectivity index (χ1v) is 20.1. The predicted molar refractivity (Wildman–Crippen MR) is 199 cm³/mol. The Labute approximate surface area is 323 Å². The monoisotopic (exact) mass is 780 g/mol. The summed E-state index contributed by atoms with van der Waals surface area (Å²) in [7, 11) is 0. The first kappa shape index (κ1) is 44.4. The minimum atomic E-state index is -1.24. The van der Waals surface area contributed by atoms with Crippen LogP contribution in [0.15, 0.2) is 0 Å². The molecule has 312 valence electrons. The standard InChI is InChI=1S/C39H64N4O12/c1-23(4-11-33(46)47)27-7-8-28-26-6-5-24-18-25(12-13-38(24,2)29(26)19-31(44)39(27,28)3)41-32(45)10-9-30(37(54)55)43(15-14-40-20-34(48)49)17-16-42(21-35(50)51)22-36(52)53/h23-31,40,44H,4-22H2,1-3H3,(H,41,45)(H,46,47)(H,48,49)(H,50,51)(H,52,53)(H,54,55)/t23?,24-,25+,26?,27-,28?,29?,30+,31+,38+,39-/m1/s1. The maximum atomic E-state index is 13.3. The number of aliphatic hydroxyl groups excluding tert-OH is 1. The van der Waals surface area contributed by atoms with Gasteiger partial charge >= 0.3 is 29.8 Å². The number of amides is 1. The maximum absolute atomic E-state index is 13.3. The lowest BCUT2D eigenvalue weighted by molar-refractivity contribution is -0.170. The van der Waals surface area contributed by atoms with Gasteiger partial charge in [0, 0.05) is 45.1 Å². The van der Waals surface area contributed by atoms with Gasteiger partial charge in [-0.25, -0.2) is 0 Å². The summed E-state index contributed by atoms with van der Waals surface area (Å²) in [6.07, 6.45) is 7.64. The predicted octanol–water partition coefficient (Wildman–Crippen LogP) is 2.28. The van der Waals surface area contributed by atoms with Crippen molar-refractivity contribution >= 4 is 35.8 Å². The number of aliphatic carboxylic acids is 5. The molecule has 0 bridgehead atoms. The van der Waals surface area contributed by atoms with E-state index in [2.05, 4.69) is 31.4 Å². The molecule has 0 radical (unpaired) electrons. The van der Waals surface area contributed by atoms with Crippen LogP contribution in [-0.2, 0) is 28.8 Å². The number of rotatable bonds is 22. The number of nitrogens with zero attached hydrogens (tertiary/aromatic N) is 2. The van der Waals surface area contributed by atoms with Crippen molar-refractivity contribution in [2.24, 2.45) is 46.3 Å². The zero-order valence-electron chi connectivity index (χ0n) is 32.7. The van der Waals surface area contributed by atoms with Gasteiger partial charge in [0.15, 0.2) is 0 Å². The second-order valence-electron chi connectivity index (χ2n) is 17.4. The molecule has 8 N–H and O–H groups in total. The number of carbonyl (C=O) groups is 6. The second-order valence-corrected chi connectivity index (χ2v) is 17.4.